The molecular formula is C12H18FN3O. The van der Waals surface area contributed by atoms with E-state index in [0.717, 1.165) is 6.42 Å². The van der Waals surface area contributed by atoms with Crippen molar-refractivity contribution in [1.82, 2.24) is 10.3 Å². The predicted molar refractivity (Wildman–Crippen MR) is 65.5 cm³/mol. The van der Waals surface area contributed by atoms with Gasteiger partial charge in [-0.2, -0.15) is 0 Å². The monoisotopic (exact) mass is 239 g/mol. The second-order valence-electron chi connectivity index (χ2n) is 4.21. The van der Waals surface area contributed by atoms with E-state index in [9.17, 15) is 9.18 Å². The Hall–Kier alpha value is -1.65. The average Bonchev–Trinajstić information content (AvgIpc) is 2.28. The molecule has 2 N–H and O–H groups in total. The molecule has 94 valence electrons. The van der Waals surface area contributed by atoms with Crippen LogP contribution < -0.4 is 10.6 Å². The molecule has 0 saturated carbocycles. The zero-order valence-electron chi connectivity index (χ0n) is 10.4. The first-order valence-electron chi connectivity index (χ1n) is 5.66. The van der Waals surface area contributed by atoms with Crippen molar-refractivity contribution in [2.45, 2.75) is 20.3 Å². The molecule has 0 aliphatic heterocycles. The van der Waals surface area contributed by atoms with Crippen molar-refractivity contribution in [2.24, 2.45) is 5.92 Å². The lowest BCUT2D eigenvalue weighted by Gasteiger charge is -2.09. The van der Waals surface area contributed by atoms with Crippen molar-refractivity contribution < 1.29 is 9.18 Å². The highest BCUT2D eigenvalue weighted by Crippen LogP contribution is 2.14. The normalized spacial score (nSPS) is 10.4. The number of anilines is 1. The minimum absolute atomic E-state index is 0.0214. The molecule has 5 heteroatoms. The third kappa shape index (κ3) is 3.69. The summed E-state index contributed by atoms with van der Waals surface area (Å²) >= 11 is 0. The van der Waals surface area contributed by atoms with Crippen LogP contribution in [0.1, 0.15) is 30.6 Å². The lowest BCUT2D eigenvalue weighted by molar-refractivity contribution is 0.0948. The van der Waals surface area contributed by atoms with Gasteiger partial charge in [-0.1, -0.05) is 13.8 Å². The third-order valence-corrected chi connectivity index (χ3v) is 2.38. The molecule has 0 fully saturated rings. The Labute approximate surface area is 101 Å². The molecule has 0 spiro atoms. The van der Waals surface area contributed by atoms with Crippen LogP contribution in [0.4, 0.5) is 10.2 Å². The first-order valence-corrected chi connectivity index (χ1v) is 5.66. The van der Waals surface area contributed by atoms with Crippen LogP contribution in [0, 0.1) is 11.7 Å². The topological polar surface area (TPSA) is 54.0 Å². The summed E-state index contributed by atoms with van der Waals surface area (Å²) < 4.78 is 13.7. The Morgan fingerprint density at radius 1 is 1.53 bits per heavy atom. The fourth-order valence-electron chi connectivity index (χ4n) is 1.36. The number of pyridine rings is 1. The molecule has 1 heterocycles. The minimum Gasteiger partial charge on any atom is -0.371 e. The SMILES string of the molecule is CNc1nccc(C(=O)NCCC(C)C)c1F. The molecule has 0 bridgehead atoms. The largest absolute Gasteiger partial charge is 0.371 e. The Kier molecular flexibility index (Phi) is 4.87. The molecule has 4 nitrogen and oxygen atoms in total. The minimum atomic E-state index is -0.614. The van der Waals surface area contributed by atoms with Gasteiger partial charge in [-0.3, -0.25) is 4.79 Å². The molecule has 1 aromatic rings. The fourth-order valence-corrected chi connectivity index (χ4v) is 1.36. The van der Waals surface area contributed by atoms with Gasteiger partial charge in [0.1, 0.15) is 0 Å². The van der Waals surface area contributed by atoms with Gasteiger partial charge in [0.05, 0.1) is 5.56 Å². The molecule has 0 atom stereocenters. The molecule has 0 aromatic carbocycles. The van der Waals surface area contributed by atoms with E-state index in [0.29, 0.717) is 12.5 Å². The van der Waals surface area contributed by atoms with Gasteiger partial charge in [-0.25, -0.2) is 9.37 Å². The van der Waals surface area contributed by atoms with Crippen LogP contribution in [0.25, 0.3) is 0 Å². The van der Waals surface area contributed by atoms with E-state index >= 15 is 0 Å². The summed E-state index contributed by atoms with van der Waals surface area (Å²) in [5.74, 6) is -0.425. The van der Waals surface area contributed by atoms with E-state index < -0.39 is 11.7 Å². The number of rotatable bonds is 5. The third-order valence-electron chi connectivity index (χ3n) is 2.38. The van der Waals surface area contributed by atoms with Gasteiger partial charge in [0.2, 0.25) is 0 Å². The van der Waals surface area contributed by atoms with Gasteiger partial charge in [0.25, 0.3) is 5.91 Å². The first kappa shape index (κ1) is 13.4. The van der Waals surface area contributed by atoms with E-state index in [1.807, 2.05) is 0 Å². The molecular weight excluding hydrogens is 221 g/mol. The second-order valence-corrected chi connectivity index (χ2v) is 4.21. The highest BCUT2D eigenvalue weighted by molar-refractivity contribution is 5.95. The number of carbonyl (C=O) groups is 1. The Bertz CT molecular complexity index is 393. The number of hydrogen-bond donors (Lipinski definition) is 2. The maximum atomic E-state index is 13.7. The Balaban J connectivity index is 2.69. The molecule has 0 saturated heterocycles. The lowest BCUT2D eigenvalue weighted by Crippen LogP contribution is -2.26. The molecule has 1 amide bonds. The highest BCUT2D eigenvalue weighted by atomic mass is 19.1. The molecule has 0 aliphatic rings. The Morgan fingerprint density at radius 2 is 2.24 bits per heavy atom. The van der Waals surface area contributed by atoms with Crippen molar-refractivity contribution in [3.8, 4) is 0 Å². The number of aromatic nitrogens is 1. The van der Waals surface area contributed by atoms with Crippen molar-refractivity contribution >= 4 is 11.7 Å². The van der Waals surface area contributed by atoms with Crippen LogP contribution >= 0.6 is 0 Å². The number of hydrogen-bond acceptors (Lipinski definition) is 3. The molecule has 1 aromatic heterocycles. The molecule has 0 radical (unpaired) electrons. The van der Waals surface area contributed by atoms with E-state index in [1.54, 1.807) is 7.05 Å². The molecule has 0 aliphatic carbocycles. The molecule has 0 unspecified atom stereocenters. The van der Waals surface area contributed by atoms with Gasteiger partial charge in [0.15, 0.2) is 11.6 Å². The van der Waals surface area contributed by atoms with Gasteiger partial charge in [-0.15, -0.1) is 0 Å². The van der Waals surface area contributed by atoms with Gasteiger partial charge >= 0.3 is 0 Å². The summed E-state index contributed by atoms with van der Waals surface area (Å²) in [7, 11) is 1.56. The van der Waals surface area contributed by atoms with Gasteiger partial charge in [0, 0.05) is 19.8 Å². The summed E-state index contributed by atoms with van der Waals surface area (Å²) in [4.78, 5) is 15.5. The van der Waals surface area contributed by atoms with Gasteiger partial charge in [-0.05, 0) is 18.4 Å². The predicted octanol–water partition coefficient (Wildman–Crippen LogP) is 2.04. The van der Waals surface area contributed by atoms with Crippen molar-refractivity contribution in [2.75, 3.05) is 18.9 Å². The number of halogens is 1. The zero-order valence-corrected chi connectivity index (χ0v) is 10.4. The average molecular weight is 239 g/mol. The van der Waals surface area contributed by atoms with Crippen molar-refractivity contribution in [3.63, 3.8) is 0 Å². The van der Waals surface area contributed by atoms with Crippen molar-refractivity contribution in [1.29, 1.82) is 0 Å². The van der Waals surface area contributed by atoms with Crippen molar-refractivity contribution in [3.05, 3.63) is 23.6 Å². The van der Waals surface area contributed by atoms with Crippen LogP contribution in [-0.4, -0.2) is 24.5 Å². The summed E-state index contributed by atoms with van der Waals surface area (Å²) in [6.45, 7) is 4.68. The van der Waals surface area contributed by atoms with Crippen LogP contribution in [0.3, 0.4) is 0 Å². The van der Waals surface area contributed by atoms with E-state index in [4.69, 9.17) is 0 Å². The number of carbonyl (C=O) groups excluding carboxylic acids is 1. The quantitative estimate of drug-likeness (QED) is 0.826. The number of amides is 1. The van der Waals surface area contributed by atoms with Crippen LogP contribution in [0.15, 0.2) is 12.3 Å². The number of nitrogens with zero attached hydrogens (tertiary/aromatic N) is 1. The van der Waals surface area contributed by atoms with Crippen LogP contribution in [0.2, 0.25) is 0 Å². The standard InChI is InChI=1S/C12H18FN3O/c1-8(2)4-6-16-12(17)9-5-7-15-11(14-3)10(9)13/h5,7-8H,4,6H2,1-3H3,(H,14,15)(H,16,17). The smallest absolute Gasteiger partial charge is 0.254 e. The summed E-state index contributed by atoms with van der Waals surface area (Å²) in [6.07, 6.45) is 2.28. The summed E-state index contributed by atoms with van der Waals surface area (Å²) in [6, 6.07) is 1.38. The fraction of sp³-hybridized carbons (Fsp3) is 0.500. The van der Waals surface area contributed by atoms with E-state index in [2.05, 4.69) is 29.5 Å². The highest BCUT2D eigenvalue weighted by Gasteiger charge is 2.14. The van der Waals surface area contributed by atoms with E-state index in [-0.39, 0.29) is 11.4 Å². The first-order chi connectivity index (χ1) is 8.06. The maximum absolute atomic E-state index is 13.7. The Morgan fingerprint density at radius 3 is 2.82 bits per heavy atom. The molecule has 1 rings (SSSR count). The van der Waals surface area contributed by atoms with Crippen LogP contribution in [0.5, 0.6) is 0 Å². The van der Waals surface area contributed by atoms with Crippen LogP contribution in [-0.2, 0) is 0 Å². The lowest BCUT2D eigenvalue weighted by atomic mass is 10.1. The van der Waals surface area contributed by atoms with Gasteiger partial charge < -0.3 is 10.6 Å². The maximum Gasteiger partial charge on any atom is 0.254 e. The van der Waals surface area contributed by atoms with E-state index in [1.165, 1.54) is 12.3 Å². The second kappa shape index (κ2) is 6.18. The summed E-state index contributed by atoms with van der Waals surface area (Å²) in [5, 5.41) is 5.29. The summed E-state index contributed by atoms with van der Waals surface area (Å²) in [5.41, 5.74) is 0.0214. The molecule has 17 heavy (non-hydrogen) atoms. The number of nitrogens with one attached hydrogen (secondary N) is 2. The zero-order chi connectivity index (χ0) is 12.8.